The van der Waals surface area contributed by atoms with Crippen LogP contribution in [-0.2, 0) is 15.1 Å². The first kappa shape index (κ1) is 15.0. The van der Waals surface area contributed by atoms with Crippen LogP contribution in [0.1, 0.15) is 26.3 Å². The van der Waals surface area contributed by atoms with Crippen molar-refractivity contribution in [2.45, 2.75) is 26.3 Å². The van der Waals surface area contributed by atoms with E-state index in [1.165, 1.54) is 18.7 Å². The number of likely N-dealkylation sites (N-methyl/N-ethyl adjacent to an activating group) is 1. The number of amides is 1. The topological polar surface area (TPSA) is 66.8 Å². The Morgan fingerprint density at radius 1 is 1.32 bits per heavy atom. The van der Waals surface area contributed by atoms with Gasteiger partial charge in [0.05, 0.1) is 7.11 Å². The lowest BCUT2D eigenvalue weighted by Gasteiger charge is -2.37. The van der Waals surface area contributed by atoms with Crippen molar-refractivity contribution < 1.29 is 19.4 Å². The van der Waals surface area contributed by atoms with Gasteiger partial charge in [0.25, 0.3) is 0 Å². The molecule has 1 rings (SSSR count). The molecule has 0 fully saturated rings. The number of carboxylic acids is 1. The highest BCUT2D eigenvalue weighted by Gasteiger charge is 2.42. The Morgan fingerprint density at radius 3 is 2.16 bits per heavy atom. The molecule has 0 aliphatic carbocycles. The smallest absolute Gasteiger partial charge is 0.334 e. The molecule has 1 aromatic carbocycles. The molecule has 0 bridgehead atoms. The normalized spacial score (nSPS) is 13.5. The minimum Gasteiger partial charge on any atom is -0.497 e. The molecular formula is C14H19NO4. The number of benzene rings is 1. The molecule has 104 valence electrons. The number of carbonyl (C=O) groups is 2. The van der Waals surface area contributed by atoms with E-state index in [0.29, 0.717) is 17.9 Å². The molecule has 19 heavy (non-hydrogen) atoms. The van der Waals surface area contributed by atoms with Crippen molar-refractivity contribution in [1.29, 1.82) is 0 Å². The summed E-state index contributed by atoms with van der Waals surface area (Å²) in [6, 6.07) is 6.70. The zero-order valence-electron chi connectivity index (χ0n) is 11.6. The Balaban J connectivity index is 3.31. The van der Waals surface area contributed by atoms with E-state index < -0.39 is 11.5 Å². The predicted molar refractivity (Wildman–Crippen MR) is 71.0 cm³/mol. The van der Waals surface area contributed by atoms with Crippen molar-refractivity contribution in [1.82, 2.24) is 4.90 Å². The average molecular weight is 265 g/mol. The van der Waals surface area contributed by atoms with E-state index in [-0.39, 0.29) is 5.91 Å². The number of hydrogen-bond donors (Lipinski definition) is 1. The molecule has 1 aromatic rings. The van der Waals surface area contributed by atoms with Gasteiger partial charge in [-0.1, -0.05) is 12.1 Å². The van der Waals surface area contributed by atoms with Crippen LogP contribution in [0.25, 0.3) is 0 Å². The second-order valence-corrected chi connectivity index (χ2v) is 4.37. The molecule has 1 N–H and O–H groups in total. The van der Waals surface area contributed by atoms with Crippen molar-refractivity contribution in [3.05, 3.63) is 29.8 Å². The summed E-state index contributed by atoms with van der Waals surface area (Å²) in [7, 11) is 1.54. The summed E-state index contributed by atoms with van der Waals surface area (Å²) in [4.78, 5) is 24.6. The highest BCUT2D eigenvalue weighted by molar-refractivity contribution is 5.87. The Morgan fingerprint density at radius 2 is 1.84 bits per heavy atom. The lowest BCUT2D eigenvalue weighted by atomic mass is 9.89. The molecule has 0 aromatic heterocycles. The molecule has 0 radical (unpaired) electrons. The van der Waals surface area contributed by atoms with E-state index in [1.54, 1.807) is 38.3 Å². The van der Waals surface area contributed by atoms with Crippen molar-refractivity contribution in [3.63, 3.8) is 0 Å². The highest BCUT2D eigenvalue weighted by Crippen LogP contribution is 2.30. The predicted octanol–water partition coefficient (Wildman–Crippen LogP) is 1.86. The van der Waals surface area contributed by atoms with E-state index in [4.69, 9.17) is 4.74 Å². The first-order chi connectivity index (χ1) is 8.87. The number of ether oxygens (including phenoxy) is 1. The Bertz CT molecular complexity index is 469. The van der Waals surface area contributed by atoms with Crippen LogP contribution < -0.4 is 4.74 Å². The van der Waals surface area contributed by atoms with Crippen molar-refractivity contribution in [2.75, 3.05) is 13.7 Å². The van der Waals surface area contributed by atoms with Gasteiger partial charge in [-0.25, -0.2) is 4.79 Å². The number of methoxy groups -OCH3 is 1. The second-order valence-electron chi connectivity index (χ2n) is 4.37. The van der Waals surface area contributed by atoms with Gasteiger partial charge in [0.1, 0.15) is 5.75 Å². The summed E-state index contributed by atoms with van der Waals surface area (Å²) in [5.41, 5.74) is -0.842. The van der Waals surface area contributed by atoms with Gasteiger partial charge in [-0.15, -0.1) is 0 Å². The molecule has 1 atom stereocenters. The molecule has 0 saturated carbocycles. The van der Waals surface area contributed by atoms with Crippen LogP contribution in [0.2, 0.25) is 0 Å². The third-order valence-corrected chi connectivity index (χ3v) is 3.30. The highest BCUT2D eigenvalue weighted by atomic mass is 16.5. The lowest BCUT2D eigenvalue weighted by molar-refractivity contribution is -0.158. The number of carboxylic acid groups (broad SMARTS) is 1. The van der Waals surface area contributed by atoms with E-state index in [0.717, 1.165) is 0 Å². The van der Waals surface area contributed by atoms with Crippen LogP contribution in [0, 0.1) is 0 Å². The number of hydrogen-bond acceptors (Lipinski definition) is 3. The summed E-state index contributed by atoms with van der Waals surface area (Å²) in [6.45, 7) is 4.98. The van der Waals surface area contributed by atoms with Gasteiger partial charge in [-0.2, -0.15) is 0 Å². The maximum absolute atomic E-state index is 11.7. The lowest BCUT2D eigenvalue weighted by Crippen LogP contribution is -2.51. The van der Waals surface area contributed by atoms with Gasteiger partial charge in [0.2, 0.25) is 5.91 Å². The van der Waals surface area contributed by atoms with Gasteiger partial charge >= 0.3 is 5.97 Å². The molecule has 5 heteroatoms. The van der Waals surface area contributed by atoms with Crippen LogP contribution in [0.5, 0.6) is 5.75 Å². The minimum atomic E-state index is -1.38. The van der Waals surface area contributed by atoms with Crippen LogP contribution in [0.4, 0.5) is 0 Å². The first-order valence-corrected chi connectivity index (χ1v) is 6.04. The Kier molecular flexibility index (Phi) is 4.53. The van der Waals surface area contributed by atoms with Gasteiger partial charge in [0, 0.05) is 13.5 Å². The summed E-state index contributed by atoms with van der Waals surface area (Å²) in [5.74, 6) is -0.694. The van der Waals surface area contributed by atoms with Crippen LogP contribution in [0.3, 0.4) is 0 Å². The molecule has 0 saturated heterocycles. The zero-order valence-corrected chi connectivity index (χ0v) is 11.6. The largest absolute Gasteiger partial charge is 0.497 e. The third kappa shape index (κ3) is 2.70. The SMILES string of the molecule is CCN(C(C)=O)C(C)(C(=O)O)c1ccc(OC)cc1. The van der Waals surface area contributed by atoms with E-state index in [2.05, 4.69) is 0 Å². The number of carbonyl (C=O) groups excluding carboxylic acids is 1. The fourth-order valence-electron chi connectivity index (χ4n) is 2.16. The summed E-state index contributed by atoms with van der Waals surface area (Å²) >= 11 is 0. The van der Waals surface area contributed by atoms with Crippen LogP contribution in [0.15, 0.2) is 24.3 Å². The molecule has 0 heterocycles. The average Bonchev–Trinajstić information content (AvgIpc) is 2.38. The van der Waals surface area contributed by atoms with Gasteiger partial charge in [0.15, 0.2) is 5.54 Å². The Hall–Kier alpha value is -2.04. The van der Waals surface area contributed by atoms with E-state index >= 15 is 0 Å². The number of aliphatic carboxylic acids is 1. The first-order valence-electron chi connectivity index (χ1n) is 6.04. The monoisotopic (exact) mass is 265 g/mol. The van der Waals surface area contributed by atoms with Gasteiger partial charge in [-0.3, -0.25) is 4.79 Å². The van der Waals surface area contributed by atoms with E-state index in [9.17, 15) is 14.7 Å². The minimum absolute atomic E-state index is 0.275. The van der Waals surface area contributed by atoms with Crippen molar-refractivity contribution >= 4 is 11.9 Å². The zero-order chi connectivity index (χ0) is 14.6. The van der Waals surface area contributed by atoms with Crippen LogP contribution >= 0.6 is 0 Å². The molecule has 0 spiro atoms. The maximum Gasteiger partial charge on any atom is 0.334 e. The quantitative estimate of drug-likeness (QED) is 0.882. The summed E-state index contributed by atoms with van der Waals surface area (Å²) < 4.78 is 5.05. The number of nitrogens with zero attached hydrogens (tertiary/aromatic N) is 1. The second kappa shape index (κ2) is 5.73. The summed E-state index contributed by atoms with van der Waals surface area (Å²) in [6.07, 6.45) is 0. The standard InChI is InChI=1S/C14H19NO4/c1-5-15(10(2)16)14(3,13(17)18)11-6-8-12(19-4)9-7-11/h6-9H,5H2,1-4H3,(H,17,18). The van der Waals surface area contributed by atoms with Gasteiger partial charge < -0.3 is 14.7 Å². The summed E-state index contributed by atoms with van der Waals surface area (Å²) in [5, 5.41) is 9.54. The third-order valence-electron chi connectivity index (χ3n) is 3.30. The molecule has 0 aliphatic heterocycles. The van der Waals surface area contributed by atoms with Crippen molar-refractivity contribution in [2.24, 2.45) is 0 Å². The molecule has 0 aliphatic rings. The van der Waals surface area contributed by atoms with E-state index in [1.807, 2.05) is 0 Å². The maximum atomic E-state index is 11.7. The molecule has 1 unspecified atom stereocenters. The van der Waals surface area contributed by atoms with Crippen molar-refractivity contribution in [3.8, 4) is 5.75 Å². The van der Waals surface area contributed by atoms with Gasteiger partial charge in [-0.05, 0) is 31.5 Å². The molecular weight excluding hydrogens is 246 g/mol. The Labute approximate surface area is 112 Å². The fraction of sp³-hybridized carbons (Fsp3) is 0.429. The number of rotatable bonds is 5. The molecule has 5 nitrogen and oxygen atoms in total. The van der Waals surface area contributed by atoms with Crippen LogP contribution in [-0.4, -0.2) is 35.5 Å². The molecule has 1 amide bonds. The fourth-order valence-corrected chi connectivity index (χ4v) is 2.16.